The fraction of sp³-hybridized carbons (Fsp3) is 0.417. The van der Waals surface area contributed by atoms with Gasteiger partial charge in [0.05, 0.1) is 11.0 Å². The van der Waals surface area contributed by atoms with Gasteiger partial charge in [0.15, 0.2) is 0 Å². The van der Waals surface area contributed by atoms with Crippen molar-refractivity contribution in [3.05, 3.63) is 28.5 Å². The predicted molar refractivity (Wildman–Crippen MR) is 70.5 cm³/mol. The summed E-state index contributed by atoms with van der Waals surface area (Å²) in [5.41, 5.74) is 0.318. The molecule has 3 nitrogen and oxygen atoms in total. The summed E-state index contributed by atoms with van der Waals surface area (Å²) in [6, 6.07) is 4.64. The zero-order valence-electron chi connectivity index (χ0n) is 10.1. The minimum absolute atomic E-state index is 0.123. The summed E-state index contributed by atoms with van der Waals surface area (Å²) < 4.78 is 13.6. The van der Waals surface area contributed by atoms with Gasteiger partial charge in [0.2, 0.25) is 5.91 Å². The first-order valence-corrected chi connectivity index (χ1v) is 6.07. The van der Waals surface area contributed by atoms with E-state index in [1.807, 2.05) is 20.8 Å². The maximum absolute atomic E-state index is 13.2. The van der Waals surface area contributed by atoms with Crippen molar-refractivity contribution in [3.8, 4) is 0 Å². The van der Waals surface area contributed by atoms with Crippen molar-refractivity contribution in [3.63, 3.8) is 0 Å². The number of halogens is 2. The molecule has 0 spiro atoms. The molecule has 0 bridgehead atoms. The average Bonchev–Trinajstić information content (AvgIpc) is 2.17. The second-order valence-electron chi connectivity index (χ2n) is 4.78. The first kappa shape index (κ1) is 14.0. The molecule has 17 heavy (non-hydrogen) atoms. The molecule has 0 fully saturated rings. The number of hydrogen-bond donors (Lipinski definition) is 2. The lowest BCUT2D eigenvalue weighted by atomic mass is 10.1. The molecule has 1 aromatic rings. The van der Waals surface area contributed by atoms with E-state index >= 15 is 0 Å². The van der Waals surface area contributed by atoms with E-state index in [4.69, 9.17) is 0 Å². The van der Waals surface area contributed by atoms with Crippen molar-refractivity contribution in [1.82, 2.24) is 5.32 Å². The van der Waals surface area contributed by atoms with Crippen LogP contribution in [0.2, 0.25) is 0 Å². The number of hydrogen-bond acceptors (Lipinski definition) is 2. The Bertz CT molecular complexity index is 415. The van der Waals surface area contributed by atoms with Gasteiger partial charge in [-0.25, -0.2) is 4.39 Å². The Hall–Kier alpha value is -1.10. The van der Waals surface area contributed by atoms with Gasteiger partial charge in [-0.3, -0.25) is 4.79 Å². The van der Waals surface area contributed by atoms with Gasteiger partial charge in [-0.1, -0.05) is 0 Å². The van der Waals surface area contributed by atoms with Crippen LogP contribution in [0.1, 0.15) is 20.8 Å². The van der Waals surface area contributed by atoms with E-state index in [1.165, 1.54) is 6.07 Å². The van der Waals surface area contributed by atoms with Crippen LogP contribution in [0, 0.1) is 5.82 Å². The van der Waals surface area contributed by atoms with Gasteiger partial charge in [-0.15, -0.1) is 0 Å². The van der Waals surface area contributed by atoms with Gasteiger partial charge in [-0.2, -0.15) is 0 Å². The molecule has 0 aromatic heterocycles. The third-order valence-corrected chi connectivity index (χ3v) is 2.53. The Kier molecular flexibility index (Phi) is 4.51. The molecule has 94 valence electrons. The van der Waals surface area contributed by atoms with Gasteiger partial charge in [0.1, 0.15) is 5.82 Å². The number of anilines is 1. The molecule has 0 saturated carbocycles. The quantitative estimate of drug-likeness (QED) is 0.901. The molecule has 0 heterocycles. The van der Waals surface area contributed by atoms with Crippen molar-refractivity contribution in [2.75, 3.05) is 11.9 Å². The summed E-state index contributed by atoms with van der Waals surface area (Å²) >= 11 is 3.07. The Morgan fingerprint density at radius 3 is 2.59 bits per heavy atom. The first-order chi connectivity index (χ1) is 7.78. The van der Waals surface area contributed by atoms with E-state index in [2.05, 4.69) is 26.6 Å². The lowest BCUT2D eigenvalue weighted by molar-refractivity contribution is -0.120. The largest absolute Gasteiger partial charge is 0.376 e. The van der Waals surface area contributed by atoms with Crippen molar-refractivity contribution < 1.29 is 9.18 Å². The molecule has 0 aliphatic rings. The summed E-state index contributed by atoms with van der Waals surface area (Å²) in [5, 5.41) is 5.67. The van der Waals surface area contributed by atoms with Gasteiger partial charge >= 0.3 is 0 Å². The number of nitrogens with one attached hydrogen (secondary N) is 2. The molecule has 0 aliphatic carbocycles. The van der Waals surface area contributed by atoms with Gasteiger partial charge in [-0.05, 0) is 54.9 Å². The fourth-order valence-electron chi connectivity index (χ4n) is 1.25. The van der Waals surface area contributed by atoms with E-state index in [0.717, 1.165) is 0 Å². The molecule has 1 rings (SSSR count). The maximum Gasteiger partial charge on any atom is 0.239 e. The molecule has 1 aromatic carbocycles. The third kappa shape index (κ3) is 5.17. The second-order valence-corrected chi connectivity index (χ2v) is 5.63. The van der Waals surface area contributed by atoms with Crippen molar-refractivity contribution in [2.45, 2.75) is 26.3 Å². The highest BCUT2D eigenvalue weighted by molar-refractivity contribution is 9.10. The smallest absolute Gasteiger partial charge is 0.239 e. The van der Waals surface area contributed by atoms with Crippen LogP contribution in [0.3, 0.4) is 0 Å². The normalized spacial score (nSPS) is 11.1. The highest BCUT2D eigenvalue weighted by Crippen LogP contribution is 2.18. The Labute approximate surface area is 109 Å². The standard InChI is InChI=1S/C12H16BrFN2O/c1-12(2,3)16-11(17)7-15-8-4-5-9(13)10(14)6-8/h4-6,15H,7H2,1-3H3,(H,16,17). The molecular formula is C12H16BrFN2O. The summed E-state index contributed by atoms with van der Waals surface area (Å²) in [6.45, 7) is 5.84. The Morgan fingerprint density at radius 2 is 2.06 bits per heavy atom. The molecule has 2 N–H and O–H groups in total. The molecule has 0 radical (unpaired) electrons. The van der Waals surface area contributed by atoms with Gasteiger partial charge in [0.25, 0.3) is 0 Å². The summed E-state index contributed by atoms with van der Waals surface area (Å²) in [4.78, 5) is 11.5. The number of carbonyl (C=O) groups excluding carboxylic acids is 1. The zero-order valence-corrected chi connectivity index (χ0v) is 11.7. The summed E-state index contributed by atoms with van der Waals surface area (Å²) in [5.74, 6) is -0.480. The molecular weight excluding hydrogens is 287 g/mol. The van der Waals surface area contributed by atoms with Gasteiger partial charge < -0.3 is 10.6 Å². The van der Waals surface area contributed by atoms with Crippen molar-refractivity contribution >= 4 is 27.5 Å². The van der Waals surface area contributed by atoms with Crippen LogP contribution in [0.4, 0.5) is 10.1 Å². The van der Waals surface area contributed by atoms with E-state index in [1.54, 1.807) is 12.1 Å². The van der Waals surface area contributed by atoms with E-state index in [-0.39, 0.29) is 23.8 Å². The Balaban J connectivity index is 2.50. The number of amides is 1. The van der Waals surface area contributed by atoms with Crippen molar-refractivity contribution in [1.29, 1.82) is 0 Å². The zero-order chi connectivity index (χ0) is 13.1. The number of carbonyl (C=O) groups is 1. The molecule has 0 saturated heterocycles. The monoisotopic (exact) mass is 302 g/mol. The van der Waals surface area contributed by atoms with Crippen LogP contribution >= 0.6 is 15.9 Å². The van der Waals surface area contributed by atoms with Crippen LogP contribution in [0.5, 0.6) is 0 Å². The second kappa shape index (κ2) is 5.49. The third-order valence-electron chi connectivity index (χ3n) is 1.89. The van der Waals surface area contributed by atoms with E-state index < -0.39 is 0 Å². The Morgan fingerprint density at radius 1 is 1.41 bits per heavy atom. The van der Waals surface area contributed by atoms with Crippen LogP contribution in [-0.4, -0.2) is 18.0 Å². The highest BCUT2D eigenvalue weighted by atomic mass is 79.9. The fourth-order valence-corrected chi connectivity index (χ4v) is 1.50. The molecule has 5 heteroatoms. The number of rotatable bonds is 3. The van der Waals surface area contributed by atoms with Crippen LogP contribution in [-0.2, 0) is 4.79 Å². The molecule has 1 amide bonds. The summed E-state index contributed by atoms with van der Waals surface area (Å²) in [6.07, 6.45) is 0. The highest BCUT2D eigenvalue weighted by Gasteiger charge is 2.13. The maximum atomic E-state index is 13.2. The predicted octanol–water partition coefficient (Wildman–Crippen LogP) is 2.91. The molecule has 0 unspecified atom stereocenters. The SMILES string of the molecule is CC(C)(C)NC(=O)CNc1ccc(Br)c(F)c1. The first-order valence-electron chi connectivity index (χ1n) is 5.28. The average molecular weight is 303 g/mol. The van der Waals surface area contributed by atoms with E-state index in [9.17, 15) is 9.18 Å². The molecule has 0 atom stereocenters. The van der Waals surface area contributed by atoms with Crippen LogP contribution in [0.25, 0.3) is 0 Å². The minimum atomic E-state index is -0.355. The van der Waals surface area contributed by atoms with Crippen molar-refractivity contribution in [2.24, 2.45) is 0 Å². The van der Waals surface area contributed by atoms with Crippen LogP contribution < -0.4 is 10.6 Å². The van der Waals surface area contributed by atoms with Crippen LogP contribution in [0.15, 0.2) is 22.7 Å². The van der Waals surface area contributed by atoms with Gasteiger partial charge in [0, 0.05) is 11.2 Å². The lowest BCUT2D eigenvalue weighted by Gasteiger charge is -2.20. The lowest BCUT2D eigenvalue weighted by Crippen LogP contribution is -2.43. The van der Waals surface area contributed by atoms with E-state index in [0.29, 0.717) is 10.2 Å². The molecule has 0 aliphatic heterocycles. The number of benzene rings is 1. The topological polar surface area (TPSA) is 41.1 Å². The summed E-state index contributed by atoms with van der Waals surface area (Å²) in [7, 11) is 0. The minimum Gasteiger partial charge on any atom is -0.376 e.